The van der Waals surface area contributed by atoms with Gasteiger partial charge in [-0.1, -0.05) is 12.1 Å². The van der Waals surface area contributed by atoms with Crippen LogP contribution in [-0.2, 0) is 23.9 Å². The molecule has 2 rings (SSSR count). The Morgan fingerprint density at radius 1 is 1.19 bits per heavy atom. The lowest BCUT2D eigenvalue weighted by molar-refractivity contribution is -0.767. The lowest BCUT2D eigenvalue weighted by Gasteiger charge is -2.30. The van der Waals surface area contributed by atoms with Crippen LogP contribution in [0.3, 0.4) is 0 Å². The quantitative estimate of drug-likeness (QED) is 0.315. The van der Waals surface area contributed by atoms with Gasteiger partial charge in [-0.15, -0.1) is 10.1 Å². The summed E-state index contributed by atoms with van der Waals surface area (Å²) in [4.78, 5) is 51.0. The van der Waals surface area contributed by atoms with E-state index in [1.807, 2.05) is 0 Å². The molecule has 1 aliphatic heterocycles. The van der Waals surface area contributed by atoms with Gasteiger partial charge in [0.2, 0.25) is 0 Å². The molecular weight excluding hydrogens is 428 g/mol. The highest BCUT2D eigenvalue weighted by Crippen LogP contribution is 2.39. The van der Waals surface area contributed by atoms with E-state index in [9.17, 15) is 29.8 Å². The number of nitrogens with one attached hydrogen (secondary N) is 1. The number of dihydropyridines is 1. The zero-order valence-corrected chi connectivity index (χ0v) is 17.5. The molecule has 3 N–H and O–H groups in total. The van der Waals surface area contributed by atoms with Crippen LogP contribution < -0.4 is 11.1 Å². The van der Waals surface area contributed by atoms with E-state index in [0.29, 0.717) is 0 Å². The second kappa shape index (κ2) is 10.2. The molecule has 2 unspecified atom stereocenters. The van der Waals surface area contributed by atoms with E-state index in [0.717, 1.165) is 0 Å². The van der Waals surface area contributed by atoms with Crippen molar-refractivity contribution in [1.29, 1.82) is 0 Å². The van der Waals surface area contributed by atoms with Crippen molar-refractivity contribution in [2.45, 2.75) is 32.8 Å². The highest BCUT2D eigenvalue weighted by Gasteiger charge is 2.39. The highest BCUT2D eigenvalue weighted by molar-refractivity contribution is 5.99. The Labute approximate surface area is 182 Å². The van der Waals surface area contributed by atoms with Crippen molar-refractivity contribution in [3.63, 3.8) is 0 Å². The SMILES string of the molecule is CCOC(=O)C1=C(N)NC(C)=C(C(=O)OCC(C)O[N+](=O)[O-])C1c1cccc([N+](=O)[O-])c1. The standard InChI is InChI=1S/C19H22N4O9/c1-4-30-19(25)16-15(12-6-5-7-13(8-12)22(26)27)14(11(3)21-17(16)20)18(24)31-9-10(2)32-23(28)29/h5-8,10,15,21H,4,9,20H2,1-3H3. The van der Waals surface area contributed by atoms with Crippen LogP contribution in [0.1, 0.15) is 32.3 Å². The summed E-state index contributed by atoms with van der Waals surface area (Å²) in [7, 11) is 0. The number of nitro benzene ring substituents is 1. The number of esters is 2. The van der Waals surface area contributed by atoms with Crippen molar-refractivity contribution in [3.8, 4) is 0 Å². The average molecular weight is 450 g/mol. The first-order valence-corrected chi connectivity index (χ1v) is 9.43. The summed E-state index contributed by atoms with van der Waals surface area (Å²) in [6, 6.07) is 5.36. The highest BCUT2D eigenvalue weighted by atomic mass is 17.0. The Morgan fingerprint density at radius 2 is 1.84 bits per heavy atom. The number of carbonyl (C=O) groups is 2. The van der Waals surface area contributed by atoms with E-state index in [-0.39, 0.29) is 40.5 Å². The number of nitrogens with zero attached hydrogens (tertiary/aromatic N) is 2. The minimum absolute atomic E-state index is 0.0233. The van der Waals surface area contributed by atoms with Crippen molar-refractivity contribution in [3.05, 3.63) is 72.7 Å². The van der Waals surface area contributed by atoms with Crippen LogP contribution in [0.2, 0.25) is 0 Å². The van der Waals surface area contributed by atoms with Gasteiger partial charge >= 0.3 is 11.9 Å². The van der Waals surface area contributed by atoms with Gasteiger partial charge in [-0.3, -0.25) is 10.1 Å². The Balaban J connectivity index is 2.52. The minimum Gasteiger partial charge on any atom is -0.463 e. The van der Waals surface area contributed by atoms with Crippen LogP contribution in [0.4, 0.5) is 5.69 Å². The molecule has 13 nitrogen and oxygen atoms in total. The summed E-state index contributed by atoms with van der Waals surface area (Å²) in [6.07, 6.45) is -1.05. The number of carbonyl (C=O) groups excluding carboxylic acids is 2. The largest absolute Gasteiger partial charge is 0.463 e. The molecule has 0 saturated carbocycles. The third-order valence-corrected chi connectivity index (χ3v) is 4.44. The van der Waals surface area contributed by atoms with Gasteiger partial charge in [0.25, 0.3) is 10.8 Å². The fraction of sp³-hybridized carbons (Fsp3) is 0.368. The van der Waals surface area contributed by atoms with E-state index in [1.54, 1.807) is 6.92 Å². The van der Waals surface area contributed by atoms with Gasteiger partial charge < -0.3 is 25.4 Å². The molecule has 2 atom stereocenters. The van der Waals surface area contributed by atoms with Crippen molar-refractivity contribution < 1.29 is 33.9 Å². The zero-order chi connectivity index (χ0) is 24.0. The number of ether oxygens (including phenoxy) is 2. The molecule has 1 aliphatic rings. The Hall–Kier alpha value is -4.16. The van der Waals surface area contributed by atoms with Crippen molar-refractivity contribution >= 4 is 17.6 Å². The molecule has 0 spiro atoms. The molecule has 1 heterocycles. The zero-order valence-electron chi connectivity index (χ0n) is 17.5. The summed E-state index contributed by atoms with van der Waals surface area (Å²) in [5.74, 6) is -2.97. The van der Waals surface area contributed by atoms with Crippen molar-refractivity contribution in [2.75, 3.05) is 13.2 Å². The predicted molar refractivity (Wildman–Crippen MR) is 108 cm³/mol. The van der Waals surface area contributed by atoms with E-state index < -0.39 is 40.6 Å². The van der Waals surface area contributed by atoms with E-state index in [1.165, 1.54) is 38.1 Å². The predicted octanol–water partition coefficient (Wildman–Crippen LogP) is 1.43. The Kier molecular flexibility index (Phi) is 7.71. The maximum Gasteiger partial charge on any atom is 0.338 e. The molecule has 1 aromatic carbocycles. The van der Waals surface area contributed by atoms with Gasteiger partial charge in [-0.2, -0.15) is 0 Å². The minimum atomic E-state index is -1.14. The number of benzene rings is 1. The molecule has 32 heavy (non-hydrogen) atoms. The first kappa shape index (κ1) is 24.1. The number of rotatable bonds is 9. The number of nitrogens with two attached hydrogens (primary N) is 1. The molecule has 0 bridgehead atoms. The van der Waals surface area contributed by atoms with Gasteiger partial charge in [0.15, 0.2) is 0 Å². The topological polar surface area (TPSA) is 186 Å². The normalized spacial score (nSPS) is 16.7. The van der Waals surface area contributed by atoms with Crippen LogP contribution in [0, 0.1) is 20.2 Å². The van der Waals surface area contributed by atoms with E-state index >= 15 is 0 Å². The molecule has 1 aromatic rings. The molecular formula is C19H22N4O9. The number of allylic oxidation sites excluding steroid dienone is 1. The Bertz CT molecular complexity index is 1000. The summed E-state index contributed by atoms with van der Waals surface area (Å²) < 4.78 is 10.2. The molecule has 0 aliphatic carbocycles. The van der Waals surface area contributed by atoms with Crippen LogP contribution in [0.25, 0.3) is 0 Å². The molecule has 0 radical (unpaired) electrons. The van der Waals surface area contributed by atoms with Crippen LogP contribution >= 0.6 is 0 Å². The van der Waals surface area contributed by atoms with Gasteiger partial charge in [-0.25, -0.2) is 9.59 Å². The fourth-order valence-corrected chi connectivity index (χ4v) is 3.16. The third-order valence-electron chi connectivity index (χ3n) is 4.44. The lowest BCUT2D eigenvalue weighted by atomic mass is 9.81. The van der Waals surface area contributed by atoms with Gasteiger partial charge in [0.1, 0.15) is 18.5 Å². The molecule has 172 valence electrons. The van der Waals surface area contributed by atoms with Gasteiger partial charge in [0.05, 0.1) is 28.6 Å². The summed E-state index contributed by atoms with van der Waals surface area (Å²) in [6.45, 7) is 3.99. The maximum atomic E-state index is 12.9. The monoisotopic (exact) mass is 450 g/mol. The second-order valence-corrected chi connectivity index (χ2v) is 6.73. The number of non-ortho nitro benzene ring substituents is 1. The van der Waals surface area contributed by atoms with Crippen LogP contribution in [0.5, 0.6) is 0 Å². The second-order valence-electron chi connectivity index (χ2n) is 6.73. The number of hydrogen-bond donors (Lipinski definition) is 2. The maximum absolute atomic E-state index is 12.9. The fourth-order valence-electron chi connectivity index (χ4n) is 3.16. The molecule has 13 heteroatoms. The molecule has 0 fully saturated rings. The smallest absolute Gasteiger partial charge is 0.338 e. The summed E-state index contributed by atoms with van der Waals surface area (Å²) >= 11 is 0. The number of hydrogen-bond acceptors (Lipinski definition) is 11. The molecule has 0 aromatic heterocycles. The Morgan fingerprint density at radius 3 is 2.44 bits per heavy atom. The summed E-state index contributed by atoms with van der Waals surface area (Å²) in [5.41, 5.74) is 6.04. The van der Waals surface area contributed by atoms with Crippen molar-refractivity contribution in [1.82, 2.24) is 5.32 Å². The molecule has 0 saturated heterocycles. The number of nitro groups is 1. The first-order chi connectivity index (χ1) is 15.1. The van der Waals surface area contributed by atoms with Gasteiger partial charge in [-0.05, 0) is 26.3 Å². The van der Waals surface area contributed by atoms with Crippen molar-refractivity contribution in [2.24, 2.45) is 5.73 Å². The molecule has 0 amide bonds. The summed E-state index contributed by atoms with van der Waals surface area (Å²) in [5, 5.41) is 23.4. The van der Waals surface area contributed by atoms with Gasteiger partial charge in [0, 0.05) is 17.8 Å². The third kappa shape index (κ3) is 5.50. The van der Waals surface area contributed by atoms with E-state index in [2.05, 4.69) is 10.2 Å². The van der Waals surface area contributed by atoms with E-state index in [4.69, 9.17) is 15.2 Å². The van der Waals surface area contributed by atoms with Crippen LogP contribution in [-0.4, -0.2) is 41.3 Å². The average Bonchev–Trinajstić information content (AvgIpc) is 2.71. The first-order valence-electron chi connectivity index (χ1n) is 9.43. The lowest BCUT2D eigenvalue weighted by Crippen LogP contribution is -2.36. The van der Waals surface area contributed by atoms with Crippen LogP contribution in [0.15, 0.2) is 46.9 Å².